The Labute approximate surface area is 425 Å². The summed E-state index contributed by atoms with van der Waals surface area (Å²) < 4.78 is 5.63. The van der Waals surface area contributed by atoms with Crippen molar-refractivity contribution in [3.63, 3.8) is 0 Å². The molecule has 1 saturated heterocycles. The number of hydrogen-bond donors (Lipinski definition) is 1. The molecule has 0 spiro atoms. The van der Waals surface area contributed by atoms with Gasteiger partial charge in [-0.3, -0.25) is 14.5 Å². The molecule has 1 N–H and O–H groups in total. The van der Waals surface area contributed by atoms with Crippen LogP contribution in [-0.2, 0) is 14.3 Å². The Morgan fingerprint density at radius 3 is 0.897 bits per heavy atom. The molecule has 7 nitrogen and oxygen atoms in total. The van der Waals surface area contributed by atoms with Gasteiger partial charge in [0.05, 0.1) is 12.7 Å². The molecular formula is C61H121N3O4. The molecule has 1 fully saturated rings. The average molecular weight is 961 g/mol. The normalized spacial score (nSPS) is 15.1. The van der Waals surface area contributed by atoms with Gasteiger partial charge in [-0.1, -0.05) is 246 Å². The third kappa shape index (κ3) is 39.4. The molecule has 68 heavy (non-hydrogen) atoms. The smallest absolute Gasteiger partial charge is 0.222 e. The van der Waals surface area contributed by atoms with Gasteiger partial charge in [0.15, 0.2) is 0 Å². The van der Waals surface area contributed by atoms with E-state index in [2.05, 4.69) is 42.4 Å². The fourth-order valence-corrected chi connectivity index (χ4v) is 10.6. The standard InChI is InChI=1S/C61H121N3O4/c1-5-9-13-17-21-25-33-43-52-63(53-44-34-26-22-18-14-10-6-2)60(66)47-39-31-29-37-41-50-62(58-49-56-68-57-59(58)65)51-42-38-30-32-40-48-61(67)64(54-45-35-27-23-19-15-11-7-3)55-46-36-28-24-20-16-12-8-4/h58-59,65H,5-57H2,1-4H3/t58-,59+/m1/s1. The highest BCUT2D eigenvalue weighted by Gasteiger charge is 2.29. The van der Waals surface area contributed by atoms with E-state index in [-0.39, 0.29) is 6.04 Å². The zero-order valence-electron chi connectivity index (χ0n) is 46.6. The van der Waals surface area contributed by atoms with Crippen LogP contribution in [0.1, 0.15) is 317 Å². The van der Waals surface area contributed by atoms with E-state index in [0.717, 1.165) is 117 Å². The maximum absolute atomic E-state index is 13.5. The molecule has 1 aliphatic heterocycles. The van der Waals surface area contributed by atoms with Gasteiger partial charge in [0.2, 0.25) is 11.8 Å². The highest BCUT2D eigenvalue weighted by Crippen LogP contribution is 2.20. The molecule has 0 unspecified atom stereocenters. The van der Waals surface area contributed by atoms with Gasteiger partial charge in [-0.15, -0.1) is 0 Å². The number of hydrogen-bond acceptors (Lipinski definition) is 5. The minimum absolute atomic E-state index is 0.195. The fourth-order valence-electron chi connectivity index (χ4n) is 10.6. The van der Waals surface area contributed by atoms with Crippen LogP contribution in [0.2, 0.25) is 0 Å². The summed E-state index contributed by atoms with van der Waals surface area (Å²) >= 11 is 0. The summed E-state index contributed by atoms with van der Waals surface area (Å²) in [6.07, 6.45) is 55.3. The average Bonchev–Trinajstić information content (AvgIpc) is 3.34. The lowest BCUT2D eigenvalue weighted by molar-refractivity contribution is -0.132. The van der Waals surface area contributed by atoms with Crippen LogP contribution >= 0.6 is 0 Å². The molecule has 404 valence electrons. The summed E-state index contributed by atoms with van der Waals surface area (Å²) in [5.74, 6) is 0.791. The first kappa shape index (κ1) is 64.8. The van der Waals surface area contributed by atoms with Crippen molar-refractivity contribution >= 4 is 11.8 Å². The Bertz CT molecular complexity index is 948. The summed E-state index contributed by atoms with van der Waals surface area (Å²) in [7, 11) is 0. The molecule has 1 rings (SSSR count). The van der Waals surface area contributed by atoms with Crippen LogP contribution < -0.4 is 0 Å². The van der Waals surface area contributed by atoms with Gasteiger partial charge in [0, 0.05) is 51.7 Å². The van der Waals surface area contributed by atoms with Crippen molar-refractivity contribution < 1.29 is 19.4 Å². The topological polar surface area (TPSA) is 73.3 Å². The van der Waals surface area contributed by atoms with Crippen molar-refractivity contribution in [1.29, 1.82) is 0 Å². The summed E-state index contributed by atoms with van der Waals surface area (Å²) in [6, 6.07) is 0.195. The number of carbonyl (C=O) groups excluding carboxylic acids is 2. The lowest BCUT2D eigenvalue weighted by atomic mass is 10.0. The molecule has 2 amide bonds. The van der Waals surface area contributed by atoms with Gasteiger partial charge in [-0.25, -0.2) is 0 Å². The molecule has 0 bridgehead atoms. The number of amides is 2. The summed E-state index contributed by atoms with van der Waals surface area (Å²) in [4.78, 5) is 34.0. The summed E-state index contributed by atoms with van der Waals surface area (Å²) in [5, 5.41) is 10.9. The number of rotatable bonds is 53. The molecule has 0 radical (unpaired) electrons. The van der Waals surface area contributed by atoms with Crippen LogP contribution in [0.5, 0.6) is 0 Å². The predicted octanol–water partition coefficient (Wildman–Crippen LogP) is 17.3. The first-order chi connectivity index (χ1) is 33.5. The molecular weight excluding hydrogens is 839 g/mol. The Kier molecular flexibility index (Phi) is 48.4. The molecule has 1 aliphatic rings. The monoisotopic (exact) mass is 960 g/mol. The van der Waals surface area contributed by atoms with E-state index in [1.807, 2.05) is 0 Å². The van der Waals surface area contributed by atoms with E-state index in [1.165, 1.54) is 205 Å². The lowest BCUT2D eigenvalue weighted by Gasteiger charge is -2.37. The zero-order valence-corrected chi connectivity index (χ0v) is 46.6. The Hall–Kier alpha value is -1.18. The van der Waals surface area contributed by atoms with Crippen LogP contribution in [0.3, 0.4) is 0 Å². The minimum Gasteiger partial charge on any atom is -0.389 e. The van der Waals surface area contributed by atoms with Crippen molar-refractivity contribution in [2.75, 3.05) is 52.5 Å². The second-order valence-corrected chi connectivity index (χ2v) is 21.7. The molecule has 7 heteroatoms. The number of aliphatic hydroxyl groups is 1. The van der Waals surface area contributed by atoms with Crippen LogP contribution in [-0.4, -0.2) is 96.2 Å². The van der Waals surface area contributed by atoms with E-state index in [4.69, 9.17) is 4.74 Å². The van der Waals surface area contributed by atoms with E-state index in [9.17, 15) is 14.7 Å². The quantitative estimate of drug-likeness (QED) is 0.0615. The van der Waals surface area contributed by atoms with Gasteiger partial charge in [-0.05, 0) is 70.9 Å². The van der Waals surface area contributed by atoms with Gasteiger partial charge in [0.1, 0.15) is 0 Å². The molecule has 2 atom stereocenters. The highest BCUT2D eigenvalue weighted by atomic mass is 16.5. The molecule has 0 saturated carbocycles. The third-order valence-corrected chi connectivity index (χ3v) is 15.3. The van der Waals surface area contributed by atoms with Crippen molar-refractivity contribution in [2.45, 2.75) is 329 Å². The van der Waals surface area contributed by atoms with Gasteiger partial charge in [0.25, 0.3) is 0 Å². The molecule has 0 aromatic heterocycles. The highest BCUT2D eigenvalue weighted by molar-refractivity contribution is 5.76. The van der Waals surface area contributed by atoms with Crippen molar-refractivity contribution in [1.82, 2.24) is 14.7 Å². The second-order valence-electron chi connectivity index (χ2n) is 21.7. The first-order valence-corrected chi connectivity index (χ1v) is 31.0. The maximum atomic E-state index is 13.5. The van der Waals surface area contributed by atoms with Gasteiger partial charge < -0.3 is 19.6 Å². The molecule has 0 aromatic rings. The molecule has 1 heterocycles. The molecule has 0 aromatic carbocycles. The maximum Gasteiger partial charge on any atom is 0.222 e. The SMILES string of the molecule is CCCCCCCCCCN(CCCCCCCCCC)C(=O)CCCCCCCN(CCCCCCCC(=O)N(CCCCCCCCCC)CCCCCCCCCC)[C@@H]1CCOC[C@@H]1O. The van der Waals surface area contributed by atoms with E-state index in [0.29, 0.717) is 31.3 Å². The van der Waals surface area contributed by atoms with E-state index >= 15 is 0 Å². The predicted molar refractivity (Wildman–Crippen MR) is 296 cm³/mol. The Balaban J connectivity index is 2.45. The third-order valence-electron chi connectivity index (χ3n) is 15.3. The number of aliphatic hydroxyl groups excluding tert-OH is 1. The van der Waals surface area contributed by atoms with Crippen molar-refractivity contribution in [3.05, 3.63) is 0 Å². The fraction of sp³-hybridized carbons (Fsp3) is 0.967. The van der Waals surface area contributed by atoms with Gasteiger partial charge >= 0.3 is 0 Å². The summed E-state index contributed by atoms with van der Waals surface area (Å²) in [5.41, 5.74) is 0. The van der Waals surface area contributed by atoms with Crippen LogP contribution in [0.4, 0.5) is 0 Å². The first-order valence-electron chi connectivity index (χ1n) is 31.0. The number of nitrogens with zero attached hydrogens (tertiary/aromatic N) is 3. The number of carbonyl (C=O) groups is 2. The van der Waals surface area contributed by atoms with Crippen molar-refractivity contribution in [3.8, 4) is 0 Å². The van der Waals surface area contributed by atoms with Gasteiger partial charge in [-0.2, -0.15) is 0 Å². The van der Waals surface area contributed by atoms with Crippen LogP contribution in [0, 0.1) is 0 Å². The minimum atomic E-state index is -0.403. The van der Waals surface area contributed by atoms with Crippen LogP contribution in [0.15, 0.2) is 0 Å². The van der Waals surface area contributed by atoms with Crippen molar-refractivity contribution in [2.24, 2.45) is 0 Å². The summed E-state index contributed by atoms with van der Waals surface area (Å²) in [6.45, 7) is 16.2. The number of unbranched alkanes of at least 4 members (excludes halogenated alkanes) is 36. The lowest BCUT2D eigenvalue weighted by Crippen LogP contribution is -2.49. The zero-order chi connectivity index (χ0) is 49.2. The Morgan fingerprint density at radius 1 is 0.368 bits per heavy atom. The molecule has 0 aliphatic carbocycles. The Morgan fingerprint density at radius 2 is 0.618 bits per heavy atom. The van der Waals surface area contributed by atoms with E-state index < -0.39 is 6.10 Å². The number of ether oxygens (including phenoxy) is 1. The van der Waals surface area contributed by atoms with Crippen LogP contribution in [0.25, 0.3) is 0 Å². The second kappa shape index (κ2) is 50.7. The van der Waals surface area contributed by atoms with E-state index in [1.54, 1.807) is 0 Å². The largest absolute Gasteiger partial charge is 0.389 e.